The van der Waals surface area contributed by atoms with Crippen molar-refractivity contribution >= 4 is 24.1 Å². The molecule has 0 bridgehead atoms. The van der Waals surface area contributed by atoms with Crippen LogP contribution < -0.4 is 4.90 Å². The minimum Gasteiger partial charge on any atom is -0.333 e. The molecule has 3 rings (SSSR count). The molecule has 0 unspecified atom stereocenters. The standard InChI is InChI=1S/C16H20N4O.ClH/c1-3-18-12-17-13(2)15(18)11-19-9-10-20(16(19)21)14-7-5-4-6-8-14;/h4-8,12H,3,9-11H2,1-2H3;1H. The highest BCUT2D eigenvalue weighted by Crippen LogP contribution is 2.21. The molecule has 0 N–H and O–H groups in total. The number of anilines is 1. The lowest BCUT2D eigenvalue weighted by Gasteiger charge is -2.19. The van der Waals surface area contributed by atoms with Crippen LogP contribution in [0.25, 0.3) is 0 Å². The topological polar surface area (TPSA) is 41.4 Å². The normalized spacial score (nSPS) is 14.4. The fourth-order valence-corrected chi connectivity index (χ4v) is 2.74. The van der Waals surface area contributed by atoms with Crippen molar-refractivity contribution in [3.8, 4) is 0 Å². The van der Waals surface area contributed by atoms with Gasteiger partial charge in [-0.2, -0.15) is 0 Å². The van der Waals surface area contributed by atoms with Crippen LogP contribution in [0.5, 0.6) is 0 Å². The van der Waals surface area contributed by atoms with Crippen LogP contribution in [0.15, 0.2) is 36.7 Å². The monoisotopic (exact) mass is 320 g/mol. The lowest BCUT2D eigenvalue weighted by Crippen LogP contribution is -2.32. The number of hydrogen-bond acceptors (Lipinski definition) is 2. The Balaban J connectivity index is 0.00000176. The second-order valence-electron chi connectivity index (χ2n) is 5.25. The number of nitrogens with zero attached hydrogens (tertiary/aromatic N) is 4. The minimum atomic E-state index is 0. The summed E-state index contributed by atoms with van der Waals surface area (Å²) in [4.78, 5) is 20.6. The van der Waals surface area contributed by atoms with Crippen molar-refractivity contribution < 1.29 is 4.79 Å². The van der Waals surface area contributed by atoms with Crippen molar-refractivity contribution in [2.45, 2.75) is 26.9 Å². The fourth-order valence-electron chi connectivity index (χ4n) is 2.74. The van der Waals surface area contributed by atoms with E-state index in [2.05, 4.69) is 16.5 Å². The third-order valence-electron chi connectivity index (χ3n) is 4.00. The first-order valence-electron chi connectivity index (χ1n) is 7.32. The van der Waals surface area contributed by atoms with Crippen LogP contribution in [0.1, 0.15) is 18.3 Å². The van der Waals surface area contributed by atoms with Crippen LogP contribution in [0.4, 0.5) is 10.5 Å². The van der Waals surface area contributed by atoms with E-state index in [1.807, 2.05) is 53.4 Å². The quantitative estimate of drug-likeness (QED) is 0.868. The molecule has 1 fully saturated rings. The molecule has 22 heavy (non-hydrogen) atoms. The Morgan fingerprint density at radius 1 is 1.18 bits per heavy atom. The highest BCUT2D eigenvalue weighted by Gasteiger charge is 2.30. The third kappa shape index (κ3) is 2.95. The molecule has 6 heteroatoms. The highest BCUT2D eigenvalue weighted by atomic mass is 35.5. The Morgan fingerprint density at radius 3 is 2.59 bits per heavy atom. The molecule has 1 aliphatic heterocycles. The maximum absolute atomic E-state index is 12.6. The number of amides is 2. The molecule has 5 nitrogen and oxygen atoms in total. The highest BCUT2D eigenvalue weighted by molar-refractivity contribution is 5.94. The van der Waals surface area contributed by atoms with Gasteiger partial charge in [0.2, 0.25) is 0 Å². The zero-order valence-corrected chi connectivity index (χ0v) is 13.7. The van der Waals surface area contributed by atoms with Gasteiger partial charge in [0, 0.05) is 25.3 Å². The zero-order valence-electron chi connectivity index (χ0n) is 12.9. The molecule has 2 amide bonds. The lowest BCUT2D eigenvalue weighted by molar-refractivity contribution is 0.217. The lowest BCUT2D eigenvalue weighted by atomic mass is 10.3. The van der Waals surface area contributed by atoms with E-state index in [4.69, 9.17) is 0 Å². The molecule has 1 aliphatic rings. The van der Waals surface area contributed by atoms with E-state index >= 15 is 0 Å². The van der Waals surface area contributed by atoms with Gasteiger partial charge in [-0.25, -0.2) is 9.78 Å². The predicted molar refractivity (Wildman–Crippen MR) is 89.5 cm³/mol. The van der Waals surface area contributed by atoms with E-state index in [9.17, 15) is 4.79 Å². The number of carbonyl (C=O) groups excluding carboxylic acids is 1. The van der Waals surface area contributed by atoms with E-state index in [-0.39, 0.29) is 18.4 Å². The van der Waals surface area contributed by atoms with Gasteiger partial charge in [-0.3, -0.25) is 4.90 Å². The smallest absolute Gasteiger partial charge is 0.324 e. The Kier molecular flexibility index (Phi) is 5.08. The first-order chi connectivity index (χ1) is 10.2. The average molecular weight is 321 g/mol. The summed E-state index contributed by atoms with van der Waals surface area (Å²) >= 11 is 0. The number of urea groups is 1. The third-order valence-corrected chi connectivity index (χ3v) is 4.00. The second-order valence-corrected chi connectivity index (χ2v) is 5.25. The maximum Gasteiger partial charge on any atom is 0.324 e. The van der Waals surface area contributed by atoms with Gasteiger partial charge in [-0.05, 0) is 26.0 Å². The molecule has 2 aromatic rings. The van der Waals surface area contributed by atoms with Crippen LogP contribution in [-0.4, -0.2) is 33.6 Å². The molecule has 0 spiro atoms. The van der Waals surface area contributed by atoms with Crippen molar-refractivity contribution in [1.29, 1.82) is 0 Å². The summed E-state index contributed by atoms with van der Waals surface area (Å²) in [5.41, 5.74) is 3.09. The van der Waals surface area contributed by atoms with E-state index < -0.39 is 0 Å². The maximum atomic E-state index is 12.6. The van der Waals surface area contributed by atoms with Crippen molar-refractivity contribution in [3.05, 3.63) is 48.0 Å². The van der Waals surface area contributed by atoms with E-state index in [0.717, 1.165) is 36.7 Å². The molecule has 0 radical (unpaired) electrons. The van der Waals surface area contributed by atoms with E-state index in [1.165, 1.54) is 0 Å². The van der Waals surface area contributed by atoms with Crippen molar-refractivity contribution in [3.63, 3.8) is 0 Å². The summed E-state index contributed by atoms with van der Waals surface area (Å²) in [5.74, 6) is 0. The van der Waals surface area contributed by atoms with Gasteiger partial charge in [0.05, 0.1) is 24.3 Å². The molecule has 1 saturated heterocycles. The Morgan fingerprint density at radius 2 is 1.91 bits per heavy atom. The number of benzene rings is 1. The predicted octanol–water partition coefficient (Wildman–Crippen LogP) is 3.08. The van der Waals surface area contributed by atoms with Crippen LogP contribution in [0, 0.1) is 6.92 Å². The van der Waals surface area contributed by atoms with Crippen LogP contribution in [-0.2, 0) is 13.1 Å². The van der Waals surface area contributed by atoms with Gasteiger partial charge < -0.3 is 9.47 Å². The Hall–Kier alpha value is -2.01. The first-order valence-corrected chi connectivity index (χ1v) is 7.32. The molecule has 118 valence electrons. The first kappa shape index (κ1) is 16.4. The van der Waals surface area contributed by atoms with E-state index in [1.54, 1.807) is 0 Å². The number of hydrogen-bond donors (Lipinski definition) is 0. The summed E-state index contributed by atoms with van der Waals surface area (Å²) in [6.45, 7) is 7.08. The fraction of sp³-hybridized carbons (Fsp3) is 0.375. The van der Waals surface area contributed by atoms with Crippen LogP contribution in [0.2, 0.25) is 0 Å². The molecule has 0 atom stereocenters. The summed E-state index contributed by atoms with van der Waals surface area (Å²) in [6, 6.07) is 9.91. The summed E-state index contributed by atoms with van der Waals surface area (Å²) in [6.07, 6.45) is 1.85. The van der Waals surface area contributed by atoms with Gasteiger partial charge in [0.15, 0.2) is 0 Å². The Bertz CT molecular complexity index is 641. The number of aromatic nitrogens is 2. The molecule has 0 aliphatic carbocycles. The number of aryl methyl sites for hydroxylation is 2. The number of imidazole rings is 1. The number of carbonyl (C=O) groups is 1. The van der Waals surface area contributed by atoms with Gasteiger partial charge in [-0.15, -0.1) is 12.4 Å². The second kappa shape index (κ2) is 6.83. The number of para-hydroxylation sites is 1. The molecular weight excluding hydrogens is 300 g/mol. The summed E-state index contributed by atoms with van der Waals surface area (Å²) < 4.78 is 2.10. The molecular formula is C16H21ClN4O. The number of halogens is 1. The molecule has 1 aromatic heterocycles. The van der Waals surface area contributed by atoms with Crippen molar-refractivity contribution in [1.82, 2.24) is 14.5 Å². The van der Waals surface area contributed by atoms with Gasteiger partial charge in [0.1, 0.15) is 0 Å². The van der Waals surface area contributed by atoms with Gasteiger partial charge in [0.25, 0.3) is 0 Å². The van der Waals surface area contributed by atoms with Crippen molar-refractivity contribution in [2.24, 2.45) is 0 Å². The average Bonchev–Trinajstić information content (AvgIpc) is 3.05. The van der Waals surface area contributed by atoms with Gasteiger partial charge in [-0.1, -0.05) is 18.2 Å². The van der Waals surface area contributed by atoms with Gasteiger partial charge >= 0.3 is 6.03 Å². The van der Waals surface area contributed by atoms with Crippen LogP contribution in [0.3, 0.4) is 0 Å². The van der Waals surface area contributed by atoms with Crippen LogP contribution >= 0.6 is 12.4 Å². The summed E-state index contributed by atoms with van der Waals surface area (Å²) in [5, 5.41) is 0. The molecule has 0 saturated carbocycles. The zero-order chi connectivity index (χ0) is 14.8. The van der Waals surface area contributed by atoms with Crippen molar-refractivity contribution in [2.75, 3.05) is 18.0 Å². The molecule has 2 heterocycles. The Labute approximate surface area is 137 Å². The summed E-state index contributed by atoms with van der Waals surface area (Å²) in [7, 11) is 0. The molecule has 1 aromatic carbocycles. The SMILES string of the molecule is CCn1cnc(C)c1CN1CCN(c2ccccc2)C1=O.Cl. The number of rotatable bonds is 4. The minimum absolute atomic E-state index is 0. The van der Waals surface area contributed by atoms with E-state index in [0.29, 0.717) is 6.54 Å². The largest absolute Gasteiger partial charge is 0.333 e.